The van der Waals surface area contributed by atoms with Crippen molar-refractivity contribution in [3.63, 3.8) is 0 Å². The van der Waals surface area contributed by atoms with Crippen LogP contribution in [0.3, 0.4) is 0 Å². The number of carbonyl (C=O) groups excluding carboxylic acids is 4. The fraction of sp³-hybridized carbons (Fsp3) is 0.500. The molecule has 3 amide bonds. The summed E-state index contributed by atoms with van der Waals surface area (Å²) in [5.41, 5.74) is -0.309. The maximum absolute atomic E-state index is 13.3. The number of fused-ring (bicyclic) bond motifs is 4. The number of carboxylic acid groups (broad SMARTS) is 1. The van der Waals surface area contributed by atoms with Gasteiger partial charge in [-0.25, -0.2) is 0 Å². The number of imide groups is 1. The molecule has 0 aromatic heterocycles. The second kappa shape index (κ2) is 7.11. The highest BCUT2D eigenvalue weighted by molar-refractivity contribution is 6.35. The third kappa shape index (κ3) is 2.77. The Kier molecular flexibility index (Phi) is 4.86. The summed E-state index contributed by atoms with van der Waals surface area (Å²) in [5.74, 6) is -3.97. The topological polar surface area (TPSA) is 123 Å². The number of nitrogens with two attached hydrogens (primary N) is 1. The largest absolute Gasteiger partial charge is 0.550 e. The number of quaternary nitrogens is 1. The smallest absolute Gasteiger partial charge is 0.291 e. The number of hydrogen-bond donors (Lipinski definition) is 2. The Morgan fingerprint density at radius 2 is 2.07 bits per heavy atom. The number of benzene rings is 1. The molecule has 0 bridgehead atoms. The first-order chi connectivity index (χ1) is 13.8. The fourth-order valence-corrected chi connectivity index (χ4v) is 5.32. The third-order valence-electron chi connectivity index (χ3n) is 6.36. The summed E-state index contributed by atoms with van der Waals surface area (Å²) in [7, 11) is 0. The van der Waals surface area contributed by atoms with E-state index >= 15 is 0 Å². The Morgan fingerprint density at radius 3 is 2.76 bits per heavy atom. The van der Waals surface area contributed by atoms with Gasteiger partial charge in [0.1, 0.15) is 17.9 Å². The first-order valence-corrected chi connectivity index (χ1v) is 10.2. The van der Waals surface area contributed by atoms with E-state index in [4.69, 9.17) is 11.6 Å². The van der Waals surface area contributed by atoms with Gasteiger partial charge in [-0.1, -0.05) is 31.0 Å². The molecule has 3 aliphatic heterocycles. The van der Waals surface area contributed by atoms with Gasteiger partial charge in [-0.2, -0.15) is 0 Å². The van der Waals surface area contributed by atoms with Crippen molar-refractivity contribution < 1.29 is 29.6 Å². The van der Waals surface area contributed by atoms with Crippen LogP contribution in [0.25, 0.3) is 0 Å². The van der Waals surface area contributed by atoms with Gasteiger partial charge in [-0.05, 0) is 25.0 Å². The van der Waals surface area contributed by atoms with Crippen LogP contribution >= 0.6 is 11.6 Å². The van der Waals surface area contributed by atoms with Crippen LogP contribution in [0, 0.1) is 11.8 Å². The van der Waals surface area contributed by atoms with Crippen molar-refractivity contribution in [2.75, 3.05) is 11.9 Å². The number of nitrogens with zero attached hydrogens (tertiary/aromatic N) is 1. The molecule has 3 N–H and O–H groups in total. The van der Waals surface area contributed by atoms with Crippen molar-refractivity contribution in [2.24, 2.45) is 11.8 Å². The van der Waals surface area contributed by atoms with E-state index in [9.17, 15) is 24.3 Å². The number of carbonyl (C=O) groups is 4. The molecular formula is C20H22ClN3O5. The highest BCUT2D eigenvalue weighted by Crippen LogP contribution is 2.50. The number of anilines is 1. The van der Waals surface area contributed by atoms with Crippen molar-refractivity contribution in [1.82, 2.24) is 4.90 Å². The van der Waals surface area contributed by atoms with Gasteiger partial charge in [0.25, 0.3) is 5.91 Å². The minimum atomic E-state index is -1.32. The molecule has 4 rings (SSSR count). The fourth-order valence-electron chi connectivity index (χ4n) is 5.10. The monoisotopic (exact) mass is 419 g/mol. The summed E-state index contributed by atoms with van der Waals surface area (Å²) in [6, 6.07) is 4.57. The predicted molar refractivity (Wildman–Crippen MR) is 100 cm³/mol. The van der Waals surface area contributed by atoms with Crippen LogP contribution < -0.4 is 15.7 Å². The lowest BCUT2D eigenvalue weighted by molar-refractivity contribution is -0.734. The van der Waals surface area contributed by atoms with E-state index in [-0.39, 0.29) is 24.7 Å². The zero-order valence-electron chi connectivity index (χ0n) is 15.9. The molecule has 3 heterocycles. The van der Waals surface area contributed by atoms with Crippen LogP contribution in [-0.2, 0) is 24.7 Å². The molecule has 8 nitrogen and oxygen atoms in total. The van der Waals surface area contributed by atoms with Gasteiger partial charge in [-0.3, -0.25) is 19.3 Å². The number of rotatable bonds is 6. The van der Waals surface area contributed by atoms with Crippen LogP contribution in [0.4, 0.5) is 5.69 Å². The summed E-state index contributed by atoms with van der Waals surface area (Å²) in [6.07, 6.45) is 1.37. The van der Waals surface area contributed by atoms with Crippen LogP contribution in [0.15, 0.2) is 18.2 Å². The number of para-hydroxylation sites is 1. The second-order valence-corrected chi connectivity index (χ2v) is 8.32. The second-order valence-electron chi connectivity index (χ2n) is 7.91. The molecule has 1 aromatic rings. The lowest BCUT2D eigenvalue weighted by Crippen LogP contribution is -2.99. The molecule has 0 aliphatic carbocycles. The Hall–Kier alpha value is -2.45. The molecule has 1 spiro atoms. The van der Waals surface area contributed by atoms with E-state index in [0.29, 0.717) is 29.2 Å². The van der Waals surface area contributed by atoms with Crippen molar-refractivity contribution in [2.45, 2.75) is 44.2 Å². The molecule has 9 heteroatoms. The number of carboxylic acids is 1. The SMILES string of the molecule is CCCCN1C(=O)[C@@H]2[C@H](CCC(=O)[O-])[NH2+][C@@]3(C(=O)Nc4c(Cl)cccc43)[C@@H]2C1=O. The molecule has 0 unspecified atom stereocenters. The average molecular weight is 420 g/mol. The van der Waals surface area contributed by atoms with Crippen LogP contribution in [0.5, 0.6) is 0 Å². The number of likely N-dealkylation sites (tertiary alicyclic amines) is 1. The third-order valence-corrected chi connectivity index (χ3v) is 6.68. The maximum Gasteiger partial charge on any atom is 0.291 e. The molecule has 1 aromatic carbocycles. The number of unbranched alkanes of at least 4 members (excludes halogenated alkanes) is 1. The minimum absolute atomic E-state index is 0.134. The van der Waals surface area contributed by atoms with Gasteiger partial charge in [0.05, 0.1) is 10.7 Å². The van der Waals surface area contributed by atoms with Gasteiger partial charge < -0.3 is 20.5 Å². The lowest BCUT2D eigenvalue weighted by Gasteiger charge is -2.26. The Bertz CT molecular complexity index is 919. The van der Waals surface area contributed by atoms with Crippen LogP contribution in [0.1, 0.15) is 38.2 Å². The molecule has 0 radical (unpaired) electrons. The number of aliphatic carboxylic acids is 1. The number of halogens is 1. The van der Waals surface area contributed by atoms with Gasteiger partial charge >= 0.3 is 0 Å². The highest BCUT2D eigenvalue weighted by atomic mass is 35.5. The Labute approximate surface area is 172 Å². The molecule has 154 valence electrons. The maximum atomic E-state index is 13.3. The molecule has 29 heavy (non-hydrogen) atoms. The van der Waals surface area contributed by atoms with Crippen molar-refractivity contribution in [1.29, 1.82) is 0 Å². The number of nitrogens with one attached hydrogen (secondary N) is 1. The predicted octanol–water partition coefficient (Wildman–Crippen LogP) is -0.636. The van der Waals surface area contributed by atoms with E-state index in [1.165, 1.54) is 4.90 Å². The highest BCUT2D eigenvalue weighted by Gasteiger charge is 2.74. The van der Waals surface area contributed by atoms with Gasteiger partial charge in [-0.15, -0.1) is 0 Å². The summed E-state index contributed by atoms with van der Waals surface area (Å²) in [4.78, 5) is 52.0. The number of hydrogen-bond acceptors (Lipinski definition) is 5. The van der Waals surface area contributed by atoms with E-state index in [2.05, 4.69) is 5.32 Å². The van der Waals surface area contributed by atoms with Crippen LogP contribution in [0.2, 0.25) is 5.02 Å². The van der Waals surface area contributed by atoms with Gasteiger partial charge in [0, 0.05) is 24.5 Å². The van der Waals surface area contributed by atoms with E-state index in [1.54, 1.807) is 23.5 Å². The van der Waals surface area contributed by atoms with Crippen molar-refractivity contribution >= 4 is 41.0 Å². The first-order valence-electron chi connectivity index (χ1n) is 9.84. The molecular weight excluding hydrogens is 398 g/mol. The first kappa shape index (κ1) is 19.8. The Balaban J connectivity index is 1.81. The quantitative estimate of drug-likeness (QED) is 0.594. The normalized spacial score (nSPS) is 30.1. The molecule has 4 atom stereocenters. The van der Waals surface area contributed by atoms with Gasteiger partial charge in [0.15, 0.2) is 0 Å². The lowest BCUT2D eigenvalue weighted by atomic mass is 9.76. The van der Waals surface area contributed by atoms with E-state index in [1.807, 2.05) is 6.92 Å². The molecule has 2 fully saturated rings. The summed E-state index contributed by atoms with van der Waals surface area (Å²) < 4.78 is 0. The molecule has 0 saturated carbocycles. The standard InChI is InChI=1S/C20H22ClN3O5/c1-2-3-9-24-17(27)14-12(7-8-13(25)26)23-20(15(14)18(24)28)10-5-4-6-11(21)16(10)22-19(20)29/h4-6,12,14-15,23H,2-3,7-9H2,1H3,(H,22,29)(H,25,26)/t12-,14+,15-,20+/m0/s1. The van der Waals surface area contributed by atoms with Crippen molar-refractivity contribution in [3.8, 4) is 0 Å². The Morgan fingerprint density at radius 1 is 1.31 bits per heavy atom. The van der Waals surface area contributed by atoms with Crippen LogP contribution in [-0.4, -0.2) is 41.2 Å². The number of amides is 3. The minimum Gasteiger partial charge on any atom is -0.550 e. The summed E-state index contributed by atoms with van der Waals surface area (Å²) >= 11 is 6.26. The molecule has 3 aliphatic rings. The summed E-state index contributed by atoms with van der Waals surface area (Å²) in [5, 5.41) is 15.9. The van der Waals surface area contributed by atoms with E-state index in [0.717, 1.165) is 6.42 Å². The van der Waals surface area contributed by atoms with Crippen molar-refractivity contribution in [3.05, 3.63) is 28.8 Å². The average Bonchev–Trinajstić information content (AvgIpc) is 3.25. The zero-order valence-corrected chi connectivity index (χ0v) is 16.7. The summed E-state index contributed by atoms with van der Waals surface area (Å²) in [6.45, 7) is 2.26. The van der Waals surface area contributed by atoms with E-state index < -0.39 is 35.3 Å². The molecule has 2 saturated heterocycles. The van der Waals surface area contributed by atoms with Gasteiger partial charge in [0.2, 0.25) is 17.4 Å². The zero-order chi connectivity index (χ0) is 20.9.